The van der Waals surface area contributed by atoms with E-state index in [-0.39, 0.29) is 48.3 Å². The second-order valence-corrected chi connectivity index (χ2v) is 6.85. The van der Waals surface area contributed by atoms with Crippen LogP contribution in [0.2, 0.25) is 0 Å². The Kier molecular flexibility index (Phi) is 5.05. The topological polar surface area (TPSA) is 90.5 Å². The predicted molar refractivity (Wildman–Crippen MR) is 87.6 cm³/mol. The average molecular weight is 332 g/mol. The summed E-state index contributed by atoms with van der Waals surface area (Å²) in [4.78, 5) is 37.9. The van der Waals surface area contributed by atoms with Crippen LogP contribution in [0, 0.1) is 18.3 Å². The van der Waals surface area contributed by atoms with E-state index in [0.717, 1.165) is 12.8 Å². The number of terminal acetylenes is 1. The third-order valence-electron chi connectivity index (χ3n) is 5.01. The minimum absolute atomic E-state index is 0.0183. The predicted octanol–water partition coefficient (Wildman–Crippen LogP) is -1.02. The molecule has 7 nitrogen and oxygen atoms in total. The summed E-state index contributed by atoms with van der Waals surface area (Å²) in [7, 11) is 0. The molecule has 0 aromatic carbocycles. The highest BCUT2D eigenvalue weighted by atomic mass is 16.2. The zero-order chi connectivity index (χ0) is 17.1. The third-order valence-corrected chi connectivity index (χ3v) is 5.01. The number of piperazine rings is 1. The van der Waals surface area contributed by atoms with Crippen LogP contribution >= 0.6 is 0 Å². The van der Waals surface area contributed by atoms with Crippen molar-refractivity contribution >= 4 is 17.7 Å². The molecule has 7 heteroatoms. The number of amides is 3. The molecule has 3 N–H and O–H groups in total. The van der Waals surface area contributed by atoms with Gasteiger partial charge in [0.25, 0.3) is 0 Å². The Morgan fingerprint density at radius 2 is 2.17 bits per heavy atom. The van der Waals surface area contributed by atoms with Gasteiger partial charge in [-0.25, -0.2) is 0 Å². The lowest BCUT2D eigenvalue weighted by Gasteiger charge is -2.37. The molecule has 3 unspecified atom stereocenters. The first-order valence-corrected chi connectivity index (χ1v) is 8.62. The molecule has 1 aliphatic carbocycles. The van der Waals surface area contributed by atoms with E-state index in [1.54, 1.807) is 0 Å². The monoisotopic (exact) mass is 332 g/mol. The number of hydrogen-bond donors (Lipinski definition) is 3. The van der Waals surface area contributed by atoms with E-state index in [0.29, 0.717) is 32.4 Å². The number of nitrogens with zero attached hydrogens (tertiary/aromatic N) is 1. The molecular formula is C17H24N4O3. The molecule has 0 radical (unpaired) electrons. The second-order valence-electron chi connectivity index (χ2n) is 6.85. The summed E-state index contributed by atoms with van der Waals surface area (Å²) in [5, 5.41) is 8.65. The lowest BCUT2D eigenvalue weighted by Crippen LogP contribution is -2.58. The van der Waals surface area contributed by atoms with Gasteiger partial charge in [-0.15, -0.1) is 6.42 Å². The highest BCUT2D eigenvalue weighted by molar-refractivity contribution is 5.84. The molecule has 0 bridgehead atoms. The number of carbonyl (C=O) groups excluding carboxylic acids is 3. The molecule has 0 spiro atoms. The van der Waals surface area contributed by atoms with Crippen molar-refractivity contribution in [2.75, 3.05) is 19.6 Å². The van der Waals surface area contributed by atoms with Crippen LogP contribution in [0.3, 0.4) is 0 Å². The summed E-state index contributed by atoms with van der Waals surface area (Å²) in [5.41, 5.74) is 0. The Morgan fingerprint density at radius 3 is 2.88 bits per heavy atom. The minimum atomic E-state index is -0.206. The molecule has 0 aromatic heterocycles. The van der Waals surface area contributed by atoms with Gasteiger partial charge in [-0.1, -0.05) is 5.92 Å². The van der Waals surface area contributed by atoms with Gasteiger partial charge in [0.15, 0.2) is 0 Å². The van der Waals surface area contributed by atoms with Gasteiger partial charge in [0, 0.05) is 37.5 Å². The SMILES string of the molecule is C#CCNC(=O)CCC1CNC(=O)C2CC(NC(=O)C3CC3)CN12. The van der Waals surface area contributed by atoms with E-state index in [1.165, 1.54) is 0 Å². The van der Waals surface area contributed by atoms with E-state index in [2.05, 4.69) is 26.8 Å². The molecule has 2 saturated heterocycles. The molecule has 3 aliphatic rings. The molecular weight excluding hydrogens is 308 g/mol. The van der Waals surface area contributed by atoms with Crippen molar-refractivity contribution in [2.45, 2.75) is 50.2 Å². The molecule has 24 heavy (non-hydrogen) atoms. The van der Waals surface area contributed by atoms with Gasteiger partial charge < -0.3 is 16.0 Å². The van der Waals surface area contributed by atoms with E-state index in [9.17, 15) is 14.4 Å². The van der Waals surface area contributed by atoms with Crippen LogP contribution in [-0.4, -0.2) is 60.4 Å². The van der Waals surface area contributed by atoms with Gasteiger partial charge >= 0.3 is 0 Å². The summed E-state index contributed by atoms with van der Waals surface area (Å²) in [6, 6.07) is -0.0705. The smallest absolute Gasteiger partial charge is 0.237 e. The van der Waals surface area contributed by atoms with Gasteiger partial charge in [0.1, 0.15) is 0 Å². The molecule has 2 heterocycles. The first-order valence-electron chi connectivity index (χ1n) is 8.62. The van der Waals surface area contributed by atoms with Crippen LogP contribution in [0.25, 0.3) is 0 Å². The third kappa shape index (κ3) is 3.88. The van der Waals surface area contributed by atoms with Gasteiger partial charge in [-0.3, -0.25) is 19.3 Å². The van der Waals surface area contributed by atoms with Crippen LogP contribution < -0.4 is 16.0 Å². The minimum Gasteiger partial charge on any atom is -0.353 e. The number of carbonyl (C=O) groups is 3. The number of nitrogens with one attached hydrogen (secondary N) is 3. The van der Waals surface area contributed by atoms with Crippen molar-refractivity contribution in [3.8, 4) is 12.3 Å². The second kappa shape index (κ2) is 7.22. The Morgan fingerprint density at radius 1 is 1.38 bits per heavy atom. The van der Waals surface area contributed by atoms with Crippen molar-refractivity contribution in [1.82, 2.24) is 20.9 Å². The normalized spacial score (nSPS) is 29.3. The first kappa shape index (κ1) is 16.8. The molecule has 1 saturated carbocycles. The lowest BCUT2D eigenvalue weighted by molar-refractivity contribution is -0.129. The van der Waals surface area contributed by atoms with Crippen LogP contribution in [-0.2, 0) is 14.4 Å². The molecule has 3 rings (SSSR count). The average Bonchev–Trinajstić information content (AvgIpc) is 3.33. The van der Waals surface area contributed by atoms with E-state index < -0.39 is 0 Å². The Balaban J connectivity index is 1.53. The maximum atomic E-state index is 12.1. The molecule has 3 atom stereocenters. The standard InChI is InChI=1S/C17H24N4O3/c1-2-7-18-15(22)6-5-13-9-19-17(24)14-8-12(10-21(13)14)20-16(23)11-3-4-11/h1,11-14H,3-10H2,(H,18,22)(H,19,24)(H,20,23). The molecule has 0 aromatic rings. The van der Waals surface area contributed by atoms with Crippen molar-refractivity contribution < 1.29 is 14.4 Å². The maximum Gasteiger partial charge on any atom is 0.237 e. The van der Waals surface area contributed by atoms with Crippen LogP contribution in [0.1, 0.15) is 32.1 Å². The molecule has 3 amide bonds. The highest BCUT2D eigenvalue weighted by Crippen LogP contribution is 2.30. The van der Waals surface area contributed by atoms with Gasteiger partial charge in [0.05, 0.1) is 12.6 Å². The molecule has 3 fully saturated rings. The fourth-order valence-electron chi connectivity index (χ4n) is 3.55. The first-order chi connectivity index (χ1) is 11.6. The Hall–Kier alpha value is -2.07. The summed E-state index contributed by atoms with van der Waals surface area (Å²) in [6.45, 7) is 1.45. The van der Waals surface area contributed by atoms with Gasteiger partial charge in [-0.2, -0.15) is 0 Å². The van der Waals surface area contributed by atoms with Crippen LogP contribution in [0.4, 0.5) is 0 Å². The Bertz CT molecular complexity index is 567. The maximum absolute atomic E-state index is 12.1. The summed E-state index contributed by atoms with van der Waals surface area (Å²) >= 11 is 0. The van der Waals surface area contributed by atoms with E-state index in [4.69, 9.17) is 6.42 Å². The lowest BCUT2D eigenvalue weighted by atomic mass is 10.0. The van der Waals surface area contributed by atoms with E-state index >= 15 is 0 Å². The van der Waals surface area contributed by atoms with Crippen molar-refractivity contribution in [2.24, 2.45) is 5.92 Å². The summed E-state index contributed by atoms with van der Waals surface area (Å²) in [5.74, 6) is 2.62. The Labute approximate surface area is 141 Å². The van der Waals surface area contributed by atoms with Gasteiger partial charge in [-0.05, 0) is 25.7 Å². The van der Waals surface area contributed by atoms with Crippen molar-refractivity contribution in [1.29, 1.82) is 0 Å². The number of fused-ring (bicyclic) bond motifs is 1. The number of rotatable bonds is 6. The molecule has 2 aliphatic heterocycles. The van der Waals surface area contributed by atoms with Crippen LogP contribution in [0.5, 0.6) is 0 Å². The highest BCUT2D eigenvalue weighted by Gasteiger charge is 2.44. The van der Waals surface area contributed by atoms with Gasteiger partial charge in [0.2, 0.25) is 17.7 Å². The summed E-state index contributed by atoms with van der Waals surface area (Å²) in [6.07, 6.45) is 8.76. The largest absolute Gasteiger partial charge is 0.353 e. The van der Waals surface area contributed by atoms with Crippen LogP contribution in [0.15, 0.2) is 0 Å². The fourth-order valence-corrected chi connectivity index (χ4v) is 3.55. The van der Waals surface area contributed by atoms with Crippen molar-refractivity contribution in [3.05, 3.63) is 0 Å². The van der Waals surface area contributed by atoms with E-state index in [1.807, 2.05) is 0 Å². The quantitative estimate of drug-likeness (QED) is 0.543. The fraction of sp³-hybridized carbons (Fsp3) is 0.706. The zero-order valence-electron chi connectivity index (χ0n) is 13.7. The zero-order valence-corrected chi connectivity index (χ0v) is 13.7. The van der Waals surface area contributed by atoms with Crippen molar-refractivity contribution in [3.63, 3.8) is 0 Å². The molecule has 130 valence electrons. The summed E-state index contributed by atoms with van der Waals surface area (Å²) < 4.78 is 0. The number of hydrogen-bond acceptors (Lipinski definition) is 4.